The summed E-state index contributed by atoms with van der Waals surface area (Å²) in [5, 5.41) is 3.04. The molecule has 3 atom stereocenters. The third-order valence-electron chi connectivity index (χ3n) is 6.50. The van der Waals surface area contributed by atoms with E-state index in [9.17, 15) is 4.79 Å². The van der Waals surface area contributed by atoms with E-state index in [1.54, 1.807) is 7.11 Å². The molecule has 162 valence electrons. The van der Waals surface area contributed by atoms with Gasteiger partial charge in [0.25, 0.3) is 5.91 Å². The van der Waals surface area contributed by atoms with Crippen LogP contribution in [-0.4, -0.2) is 49.8 Å². The topological polar surface area (TPSA) is 50.8 Å². The van der Waals surface area contributed by atoms with Crippen molar-refractivity contribution in [3.05, 3.63) is 24.3 Å². The zero-order valence-corrected chi connectivity index (χ0v) is 18.4. The molecule has 2 fully saturated rings. The second-order valence-corrected chi connectivity index (χ2v) is 9.13. The second kappa shape index (κ2) is 10.4. The molecule has 1 amide bonds. The predicted molar refractivity (Wildman–Crippen MR) is 117 cm³/mol. The van der Waals surface area contributed by atoms with Gasteiger partial charge in [-0.1, -0.05) is 20.3 Å². The van der Waals surface area contributed by atoms with E-state index in [1.807, 2.05) is 24.3 Å². The number of rotatable bonds is 8. The molecule has 1 heterocycles. The summed E-state index contributed by atoms with van der Waals surface area (Å²) in [4.78, 5) is 15.4. The van der Waals surface area contributed by atoms with E-state index in [-0.39, 0.29) is 5.91 Å². The molecule has 0 unspecified atom stereocenters. The van der Waals surface area contributed by atoms with Gasteiger partial charge in [0.2, 0.25) is 0 Å². The molecule has 0 radical (unpaired) electrons. The number of methoxy groups -OCH3 is 1. The van der Waals surface area contributed by atoms with Crippen molar-refractivity contribution in [3.8, 4) is 5.75 Å². The Morgan fingerprint density at radius 3 is 2.62 bits per heavy atom. The fourth-order valence-electron chi connectivity index (χ4n) is 4.83. The Morgan fingerprint density at radius 2 is 1.93 bits per heavy atom. The number of hydrogen-bond acceptors (Lipinski definition) is 4. The first kappa shape index (κ1) is 22.1. The Labute approximate surface area is 176 Å². The number of carbonyl (C=O) groups excluding carboxylic acids is 1. The first-order valence-corrected chi connectivity index (χ1v) is 11.3. The number of hydrogen-bond donors (Lipinski definition) is 1. The molecule has 5 nitrogen and oxygen atoms in total. The molecule has 1 aliphatic heterocycles. The highest BCUT2D eigenvalue weighted by molar-refractivity contribution is 5.97. The van der Waals surface area contributed by atoms with E-state index in [0.717, 1.165) is 56.2 Å². The molecule has 1 saturated heterocycles. The second-order valence-electron chi connectivity index (χ2n) is 9.13. The maximum atomic E-state index is 12.9. The SMILES string of the molecule is CO[C@]1(C(=O)Nc2ccc(OCCCN3CCC[C@H](C)C3)cc2)CCC[C@H](C)C1. The smallest absolute Gasteiger partial charge is 0.256 e. The molecule has 2 aliphatic rings. The molecule has 0 aromatic heterocycles. The highest BCUT2D eigenvalue weighted by Gasteiger charge is 2.41. The number of nitrogens with one attached hydrogen (secondary N) is 1. The summed E-state index contributed by atoms with van der Waals surface area (Å²) in [6.45, 7) is 8.80. The van der Waals surface area contributed by atoms with Crippen LogP contribution in [0.1, 0.15) is 58.8 Å². The molecular weight excluding hydrogens is 364 g/mol. The lowest BCUT2D eigenvalue weighted by molar-refractivity contribution is -0.143. The van der Waals surface area contributed by atoms with E-state index in [1.165, 1.54) is 32.4 Å². The molecule has 0 bridgehead atoms. The van der Waals surface area contributed by atoms with Crippen LogP contribution in [0.25, 0.3) is 0 Å². The predicted octanol–water partition coefficient (Wildman–Crippen LogP) is 4.72. The Bertz CT molecular complexity index is 648. The third-order valence-corrected chi connectivity index (χ3v) is 6.50. The van der Waals surface area contributed by atoms with E-state index in [0.29, 0.717) is 5.92 Å². The molecule has 5 heteroatoms. The highest BCUT2D eigenvalue weighted by Crippen LogP contribution is 2.35. The number of likely N-dealkylation sites (tertiary alicyclic amines) is 1. The van der Waals surface area contributed by atoms with Crippen LogP contribution in [0.4, 0.5) is 5.69 Å². The monoisotopic (exact) mass is 402 g/mol. The third kappa shape index (κ3) is 6.19. The van der Waals surface area contributed by atoms with Crippen molar-refractivity contribution >= 4 is 11.6 Å². The number of carbonyl (C=O) groups is 1. The lowest BCUT2D eigenvalue weighted by Crippen LogP contribution is -2.47. The van der Waals surface area contributed by atoms with Crippen molar-refractivity contribution < 1.29 is 14.3 Å². The van der Waals surface area contributed by atoms with E-state index in [2.05, 4.69) is 24.1 Å². The molecule has 1 aliphatic carbocycles. The quantitative estimate of drug-likeness (QED) is 0.639. The molecule has 1 aromatic carbocycles. The van der Waals surface area contributed by atoms with Crippen LogP contribution in [-0.2, 0) is 9.53 Å². The number of piperidine rings is 1. The Balaban J connectivity index is 1.43. The average Bonchev–Trinajstić information content (AvgIpc) is 2.72. The normalized spacial score (nSPS) is 28.1. The van der Waals surface area contributed by atoms with Gasteiger partial charge in [0.05, 0.1) is 6.61 Å². The van der Waals surface area contributed by atoms with Crippen LogP contribution >= 0.6 is 0 Å². The van der Waals surface area contributed by atoms with Gasteiger partial charge < -0.3 is 19.7 Å². The van der Waals surface area contributed by atoms with Gasteiger partial charge in [-0.3, -0.25) is 4.79 Å². The summed E-state index contributed by atoms with van der Waals surface area (Å²) < 4.78 is 11.6. The zero-order valence-electron chi connectivity index (χ0n) is 18.4. The van der Waals surface area contributed by atoms with Gasteiger partial charge in [-0.15, -0.1) is 0 Å². The standard InChI is InChI=1S/C24H38N2O3/c1-19-7-4-13-24(17-19,28-3)23(27)25-21-9-11-22(12-10-21)29-16-6-15-26-14-5-8-20(2)18-26/h9-12,19-20H,4-8,13-18H2,1-3H3,(H,25,27)/t19-,20-,24+/m0/s1. The van der Waals surface area contributed by atoms with E-state index >= 15 is 0 Å². The minimum atomic E-state index is -0.696. The van der Waals surface area contributed by atoms with Crippen LogP contribution in [0, 0.1) is 11.8 Å². The molecule has 1 aromatic rings. The summed E-state index contributed by atoms with van der Waals surface area (Å²) in [6, 6.07) is 7.69. The lowest BCUT2D eigenvalue weighted by atomic mass is 9.78. The first-order chi connectivity index (χ1) is 14.0. The Hall–Kier alpha value is -1.59. The van der Waals surface area contributed by atoms with Gasteiger partial charge in [0.1, 0.15) is 11.4 Å². The van der Waals surface area contributed by atoms with Crippen molar-refractivity contribution in [2.45, 2.75) is 64.4 Å². The van der Waals surface area contributed by atoms with Gasteiger partial charge >= 0.3 is 0 Å². The molecular formula is C24H38N2O3. The molecule has 1 saturated carbocycles. The number of ether oxygens (including phenoxy) is 2. The van der Waals surface area contributed by atoms with Crippen molar-refractivity contribution in [1.29, 1.82) is 0 Å². The maximum Gasteiger partial charge on any atom is 0.256 e. The largest absolute Gasteiger partial charge is 0.494 e. The Kier molecular flexibility index (Phi) is 7.96. The first-order valence-electron chi connectivity index (χ1n) is 11.3. The zero-order chi connectivity index (χ0) is 20.7. The Morgan fingerprint density at radius 1 is 1.17 bits per heavy atom. The van der Waals surface area contributed by atoms with E-state index < -0.39 is 5.60 Å². The maximum absolute atomic E-state index is 12.9. The minimum Gasteiger partial charge on any atom is -0.494 e. The van der Waals surface area contributed by atoms with Crippen LogP contribution in [0.5, 0.6) is 5.75 Å². The van der Waals surface area contributed by atoms with Crippen LogP contribution in [0.3, 0.4) is 0 Å². The lowest BCUT2D eigenvalue weighted by Gasteiger charge is -2.37. The van der Waals surface area contributed by atoms with Gasteiger partial charge in [-0.05, 0) is 81.2 Å². The van der Waals surface area contributed by atoms with Crippen molar-refractivity contribution in [3.63, 3.8) is 0 Å². The summed E-state index contributed by atoms with van der Waals surface area (Å²) in [7, 11) is 1.65. The van der Waals surface area contributed by atoms with Gasteiger partial charge in [0.15, 0.2) is 0 Å². The van der Waals surface area contributed by atoms with E-state index in [4.69, 9.17) is 9.47 Å². The minimum absolute atomic E-state index is 0.0315. The highest BCUT2D eigenvalue weighted by atomic mass is 16.5. The molecule has 3 rings (SSSR count). The van der Waals surface area contributed by atoms with Crippen LogP contribution in [0.2, 0.25) is 0 Å². The van der Waals surface area contributed by atoms with Crippen molar-refractivity contribution in [2.75, 3.05) is 38.7 Å². The summed E-state index contributed by atoms with van der Waals surface area (Å²) in [5.41, 5.74) is 0.0954. The number of nitrogens with zero attached hydrogens (tertiary/aromatic N) is 1. The fourth-order valence-corrected chi connectivity index (χ4v) is 4.83. The van der Waals surface area contributed by atoms with Gasteiger partial charge in [-0.2, -0.15) is 0 Å². The molecule has 29 heavy (non-hydrogen) atoms. The van der Waals surface area contributed by atoms with Gasteiger partial charge in [-0.25, -0.2) is 0 Å². The number of amides is 1. The van der Waals surface area contributed by atoms with Crippen LogP contribution < -0.4 is 10.1 Å². The number of anilines is 1. The van der Waals surface area contributed by atoms with Gasteiger partial charge in [0, 0.05) is 25.9 Å². The molecule has 0 spiro atoms. The number of benzene rings is 1. The van der Waals surface area contributed by atoms with Crippen molar-refractivity contribution in [1.82, 2.24) is 4.90 Å². The molecule has 1 N–H and O–H groups in total. The summed E-state index contributed by atoms with van der Waals surface area (Å²) in [6.07, 6.45) is 7.49. The van der Waals surface area contributed by atoms with Crippen LogP contribution in [0.15, 0.2) is 24.3 Å². The van der Waals surface area contributed by atoms with Crippen molar-refractivity contribution in [2.24, 2.45) is 11.8 Å². The average molecular weight is 403 g/mol. The summed E-state index contributed by atoms with van der Waals surface area (Å²) >= 11 is 0. The fraction of sp³-hybridized carbons (Fsp3) is 0.708. The summed E-state index contributed by atoms with van der Waals surface area (Å²) in [5.74, 6) is 2.15.